The lowest BCUT2D eigenvalue weighted by Crippen LogP contribution is -1.99. The molecule has 0 amide bonds. The van der Waals surface area contributed by atoms with Gasteiger partial charge in [-0.2, -0.15) is 0 Å². The van der Waals surface area contributed by atoms with Crippen LogP contribution in [-0.4, -0.2) is 9.13 Å². The van der Waals surface area contributed by atoms with Gasteiger partial charge < -0.3 is 9.13 Å². The van der Waals surface area contributed by atoms with E-state index in [1.165, 1.54) is 111 Å². The summed E-state index contributed by atoms with van der Waals surface area (Å²) in [5.74, 6) is 0. The average Bonchev–Trinajstić information content (AvgIpc) is 3.94. The van der Waals surface area contributed by atoms with Gasteiger partial charge in [0.05, 0.1) is 27.8 Å². The highest BCUT2D eigenvalue weighted by atomic mass is 15.0. The van der Waals surface area contributed by atoms with Crippen molar-refractivity contribution in [2.75, 3.05) is 0 Å². The maximum atomic E-state index is 2.50. The SMILES string of the molecule is c1ccc(-c2ccc(-c3cccc(-c4ccc5c(c4)-c4cccc(-n6c7ccccc7c7cc(-n8c9ccccc9c9ccccc98)ccc76)c4C5)c3)cc2)cc1. The molecule has 2 heteroatoms. The van der Waals surface area contributed by atoms with Gasteiger partial charge in [0.25, 0.3) is 0 Å². The molecule has 57 heavy (non-hydrogen) atoms. The van der Waals surface area contributed by atoms with E-state index in [4.69, 9.17) is 0 Å². The molecule has 266 valence electrons. The minimum absolute atomic E-state index is 0.905. The molecular weight excluding hydrogens is 689 g/mol. The first-order valence-corrected chi connectivity index (χ1v) is 19.8. The fraction of sp³-hybridized carbons (Fsp3) is 0.0182. The van der Waals surface area contributed by atoms with Crippen molar-refractivity contribution >= 4 is 43.6 Å². The summed E-state index contributed by atoms with van der Waals surface area (Å²) >= 11 is 0. The highest BCUT2D eigenvalue weighted by molar-refractivity contribution is 6.12. The molecule has 0 unspecified atom stereocenters. The molecule has 1 aliphatic carbocycles. The van der Waals surface area contributed by atoms with Gasteiger partial charge in [0.15, 0.2) is 0 Å². The third kappa shape index (κ3) is 4.97. The van der Waals surface area contributed by atoms with Gasteiger partial charge in [-0.15, -0.1) is 0 Å². The first-order valence-electron chi connectivity index (χ1n) is 19.8. The molecule has 2 aromatic heterocycles. The smallest absolute Gasteiger partial charge is 0.0542 e. The lowest BCUT2D eigenvalue weighted by molar-refractivity contribution is 1.12. The fourth-order valence-corrected chi connectivity index (χ4v) is 9.50. The molecule has 12 rings (SSSR count). The van der Waals surface area contributed by atoms with Crippen LogP contribution < -0.4 is 0 Å². The third-order valence-electron chi connectivity index (χ3n) is 12.2. The summed E-state index contributed by atoms with van der Waals surface area (Å²) in [5.41, 5.74) is 20.1. The number of para-hydroxylation sites is 3. The van der Waals surface area contributed by atoms with Gasteiger partial charge in [-0.05, 0) is 110 Å². The van der Waals surface area contributed by atoms with E-state index >= 15 is 0 Å². The molecule has 2 heterocycles. The van der Waals surface area contributed by atoms with Crippen molar-refractivity contribution in [1.82, 2.24) is 9.13 Å². The van der Waals surface area contributed by atoms with Crippen LogP contribution in [0.2, 0.25) is 0 Å². The van der Waals surface area contributed by atoms with Crippen LogP contribution in [0.25, 0.3) is 99.5 Å². The quantitative estimate of drug-likeness (QED) is 0.167. The maximum absolute atomic E-state index is 2.50. The molecule has 9 aromatic carbocycles. The lowest BCUT2D eigenvalue weighted by atomic mass is 9.95. The lowest BCUT2D eigenvalue weighted by Gasteiger charge is -2.14. The Balaban J connectivity index is 0.945. The van der Waals surface area contributed by atoms with E-state index < -0.39 is 0 Å². The number of fused-ring (bicyclic) bond motifs is 9. The van der Waals surface area contributed by atoms with Gasteiger partial charge in [-0.1, -0.05) is 152 Å². The van der Waals surface area contributed by atoms with Crippen LogP contribution in [0.5, 0.6) is 0 Å². The highest BCUT2D eigenvalue weighted by Crippen LogP contribution is 2.44. The van der Waals surface area contributed by atoms with Crippen molar-refractivity contribution < 1.29 is 0 Å². The van der Waals surface area contributed by atoms with Gasteiger partial charge in [0, 0.05) is 33.7 Å². The number of hydrogen-bond donors (Lipinski definition) is 0. The van der Waals surface area contributed by atoms with Gasteiger partial charge in [0.1, 0.15) is 0 Å². The zero-order valence-corrected chi connectivity index (χ0v) is 31.2. The minimum atomic E-state index is 0.905. The monoisotopic (exact) mass is 724 g/mol. The third-order valence-corrected chi connectivity index (χ3v) is 12.2. The molecule has 0 aliphatic heterocycles. The Morgan fingerprint density at radius 2 is 0.807 bits per heavy atom. The second-order valence-electron chi connectivity index (χ2n) is 15.3. The zero-order valence-electron chi connectivity index (χ0n) is 31.2. The Morgan fingerprint density at radius 3 is 1.53 bits per heavy atom. The van der Waals surface area contributed by atoms with Gasteiger partial charge in [0.2, 0.25) is 0 Å². The summed E-state index contributed by atoms with van der Waals surface area (Å²) in [7, 11) is 0. The summed E-state index contributed by atoms with van der Waals surface area (Å²) in [5, 5.41) is 5.08. The van der Waals surface area contributed by atoms with Gasteiger partial charge >= 0.3 is 0 Å². The second-order valence-corrected chi connectivity index (χ2v) is 15.3. The Hall–Kier alpha value is -7.42. The number of rotatable bonds is 5. The molecule has 0 bridgehead atoms. The van der Waals surface area contributed by atoms with Crippen LogP contribution >= 0.6 is 0 Å². The largest absolute Gasteiger partial charge is 0.309 e. The molecule has 0 saturated carbocycles. The molecule has 0 N–H and O–H groups in total. The Bertz CT molecular complexity index is 3310. The first kappa shape index (κ1) is 31.9. The van der Waals surface area contributed by atoms with E-state index in [2.05, 4.69) is 215 Å². The second kappa shape index (κ2) is 12.6. The standard InChI is InChI=1S/C55H36N2/c1-2-12-36(13-3-1)37-24-26-38(27-25-37)39-14-10-15-40(32-39)41-28-29-42-34-49-44(48(42)33-41)19-11-23-54(49)57-53-22-9-6-18-47(53)50-35-43(30-31-55(50)57)56-51-20-7-4-16-45(51)46-17-5-8-21-52(46)56/h1-33,35H,34H2. The van der Waals surface area contributed by atoms with Gasteiger partial charge in [-0.3, -0.25) is 0 Å². The van der Waals surface area contributed by atoms with Crippen LogP contribution in [0.15, 0.2) is 206 Å². The first-order chi connectivity index (χ1) is 28.3. The molecule has 0 radical (unpaired) electrons. The Kier molecular flexibility index (Phi) is 7.02. The van der Waals surface area contributed by atoms with E-state index in [9.17, 15) is 0 Å². The molecular formula is C55H36N2. The summed E-state index contributed by atoms with van der Waals surface area (Å²) in [6.45, 7) is 0. The predicted molar refractivity (Wildman–Crippen MR) is 240 cm³/mol. The number of benzene rings is 9. The van der Waals surface area contributed by atoms with Gasteiger partial charge in [-0.25, -0.2) is 0 Å². The fourth-order valence-electron chi connectivity index (χ4n) is 9.50. The Labute approximate surface area is 331 Å². The molecule has 0 fully saturated rings. The minimum Gasteiger partial charge on any atom is -0.309 e. The molecule has 0 spiro atoms. The molecule has 11 aromatic rings. The number of nitrogens with zero attached hydrogens (tertiary/aromatic N) is 2. The maximum Gasteiger partial charge on any atom is 0.0542 e. The molecule has 2 nitrogen and oxygen atoms in total. The normalized spacial score (nSPS) is 12.1. The van der Waals surface area contributed by atoms with Crippen LogP contribution in [0.4, 0.5) is 0 Å². The van der Waals surface area contributed by atoms with Crippen LogP contribution in [-0.2, 0) is 6.42 Å². The highest BCUT2D eigenvalue weighted by Gasteiger charge is 2.25. The van der Waals surface area contributed by atoms with Crippen molar-refractivity contribution in [1.29, 1.82) is 0 Å². The van der Waals surface area contributed by atoms with E-state index in [0.717, 1.165) is 6.42 Å². The zero-order chi connectivity index (χ0) is 37.5. The molecule has 0 atom stereocenters. The summed E-state index contributed by atoms with van der Waals surface area (Å²) < 4.78 is 4.92. The summed E-state index contributed by atoms with van der Waals surface area (Å²) in [4.78, 5) is 0. The number of hydrogen-bond acceptors (Lipinski definition) is 0. The topological polar surface area (TPSA) is 9.86 Å². The van der Waals surface area contributed by atoms with Crippen molar-refractivity contribution in [3.63, 3.8) is 0 Å². The summed E-state index contributed by atoms with van der Waals surface area (Å²) in [6, 6.07) is 75.8. The predicted octanol–water partition coefficient (Wildman–Crippen LogP) is 14.5. The van der Waals surface area contributed by atoms with Crippen LogP contribution in [0.3, 0.4) is 0 Å². The van der Waals surface area contributed by atoms with Crippen LogP contribution in [0, 0.1) is 0 Å². The van der Waals surface area contributed by atoms with Crippen molar-refractivity contribution in [3.8, 4) is 55.9 Å². The van der Waals surface area contributed by atoms with Crippen molar-refractivity contribution in [2.45, 2.75) is 6.42 Å². The number of aromatic nitrogens is 2. The van der Waals surface area contributed by atoms with Crippen LogP contribution in [0.1, 0.15) is 11.1 Å². The van der Waals surface area contributed by atoms with E-state index in [1.54, 1.807) is 0 Å². The van der Waals surface area contributed by atoms with Crippen molar-refractivity contribution in [2.24, 2.45) is 0 Å². The average molecular weight is 725 g/mol. The molecule has 0 saturated heterocycles. The van der Waals surface area contributed by atoms with Crippen molar-refractivity contribution in [3.05, 3.63) is 217 Å². The summed E-state index contributed by atoms with van der Waals surface area (Å²) in [6.07, 6.45) is 0.905. The van der Waals surface area contributed by atoms with E-state index in [-0.39, 0.29) is 0 Å². The van der Waals surface area contributed by atoms with E-state index in [0.29, 0.717) is 0 Å². The van der Waals surface area contributed by atoms with E-state index in [1.807, 2.05) is 0 Å². The molecule has 1 aliphatic rings. The Morgan fingerprint density at radius 1 is 0.298 bits per heavy atom.